The molecule has 112 valence electrons. The van der Waals surface area contributed by atoms with Crippen molar-refractivity contribution in [2.45, 2.75) is 64.0 Å². The molecule has 0 amide bonds. The Morgan fingerprint density at radius 3 is 2.45 bits per heavy atom. The van der Waals surface area contributed by atoms with Gasteiger partial charge in [-0.3, -0.25) is 0 Å². The second-order valence-corrected chi connectivity index (χ2v) is 6.05. The number of hydrogen-bond donors (Lipinski definition) is 1. The lowest BCUT2D eigenvalue weighted by molar-refractivity contribution is -0.0766. The highest BCUT2D eigenvalue weighted by Crippen LogP contribution is 2.40. The fraction of sp³-hybridized carbons (Fsp3) is 0.667. The Balaban J connectivity index is 2.33. The molecule has 0 saturated heterocycles. The topological polar surface area (TPSA) is 21.3 Å². The van der Waals surface area contributed by atoms with E-state index in [1.165, 1.54) is 49.7 Å². The molecule has 1 unspecified atom stereocenters. The zero-order valence-electron chi connectivity index (χ0n) is 13.2. The van der Waals surface area contributed by atoms with Crippen LogP contribution in [0.3, 0.4) is 0 Å². The Labute approximate surface area is 123 Å². The van der Waals surface area contributed by atoms with Gasteiger partial charge in [-0.05, 0) is 39.3 Å². The van der Waals surface area contributed by atoms with Crippen LogP contribution in [-0.2, 0) is 4.74 Å². The van der Waals surface area contributed by atoms with Crippen molar-refractivity contribution in [2.24, 2.45) is 0 Å². The van der Waals surface area contributed by atoms with Crippen molar-refractivity contribution in [3.05, 3.63) is 35.4 Å². The van der Waals surface area contributed by atoms with Gasteiger partial charge in [0.1, 0.15) is 0 Å². The predicted molar refractivity (Wildman–Crippen MR) is 85.0 cm³/mol. The molecule has 20 heavy (non-hydrogen) atoms. The first-order valence-corrected chi connectivity index (χ1v) is 8.09. The summed E-state index contributed by atoms with van der Waals surface area (Å²) in [5.41, 5.74) is 2.65. The minimum Gasteiger partial charge on any atom is -0.373 e. The van der Waals surface area contributed by atoms with Gasteiger partial charge in [0.05, 0.1) is 11.6 Å². The van der Waals surface area contributed by atoms with Crippen LogP contribution in [0.2, 0.25) is 0 Å². The second-order valence-electron chi connectivity index (χ2n) is 6.05. The van der Waals surface area contributed by atoms with E-state index in [9.17, 15) is 0 Å². The van der Waals surface area contributed by atoms with Crippen molar-refractivity contribution >= 4 is 0 Å². The summed E-state index contributed by atoms with van der Waals surface area (Å²) in [6.45, 7) is 5.08. The lowest BCUT2D eigenvalue weighted by Gasteiger charge is -2.40. The number of likely N-dealkylation sites (N-methyl/N-ethyl adjacent to an activating group) is 1. The maximum Gasteiger partial charge on any atom is 0.0876 e. The third kappa shape index (κ3) is 3.42. The summed E-state index contributed by atoms with van der Waals surface area (Å²) in [6.07, 6.45) is 7.59. The highest BCUT2D eigenvalue weighted by Gasteiger charge is 2.39. The molecule has 0 aromatic heterocycles. The molecule has 2 nitrogen and oxygen atoms in total. The fourth-order valence-corrected chi connectivity index (χ4v) is 3.71. The molecule has 1 atom stereocenters. The summed E-state index contributed by atoms with van der Waals surface area (Å²) in [4.78, 5) is 0. The van der Waals surface area contributed by atoms with E-state index in [0.717, 1.165) is 6.61 Å². The molecule has 1 fully saturated rings. The van der Waals surface area contributed by atoms with E-state index in [1.807, 2.05) is 0 Å². The van der Waals surface area contributed by atoms with Crippen LogP contribution in [-0.4, -0.2) is 19.3 Å². The van der Waals surface area contributed by atoms with Crippen LogP contribution in [0.5, 0.6) is 0 Å². The van der Waals surface area contributed by atoms with Crippen LogP contribution in [0.15, 0.2) is 24.3 Å². The zero-order valence-corrected chi connectivity index (χ0v) is 13.2. The summed E-state index contributed by atoms with van der Waals surface area (Å²) in [7, 11) is 2.07. The maximum absolute atomic E-state index is 6.34. The number of ether oxygens (including phenoxy) is 1. The number of aryl methyl sites for hydroxylation is 1. The van der Waals surface area contributed by atoms with Gasteiger partial charge >= 0.3 is 0 Å². The summed E-state index contributed by atoms with van der Waals surface area (Å²) < 4.78 is 6.34. The predicted octanol–water partition coefficient (Wildman–Crippen LogP) is 4.39. The molecule has 1 N–H and O–H groups in total. The highest BCUT2D eigenvalue weighted by molar-refractivity contribution is 5.27. The van der Waals surface area contributed by atoms with E-state index in [1.54, 1.807) is 0 Å². The third-order valence-electron chi connectivity index (χ3n) is 4.57. The highest BCUT2D eigenvalue weighted by atomic mass is 16.5. The third-order valence-corrected chi connectivity index (χ3v) is 4.57. The molecule has 1 aromatic carbocycles. The molecule has 0 bridgehead atoms. The molecule has 0 aliphatic heterocycles. The number of rotatable bonds is 5. The van der Waals surface area contributed by atoms with Crippen LogP contribution in [0.4, 0.5) is 0 Å². The van der Waals surface area contributed by atoms with E-state index in [-0.39, 0.29) is 5.60 Å². The van der Waals surface area contributed by atoms with Crippen molar-refractivity contribution in [3.63, 3.8) is 0 Å². The SMILES string of the molecule is CCOC1(C(NC)c2cccc(C)c2)CCCCCC1. The Bertz CT molecular complexity index is 408. The second kappa shape index (κ2) is 7.24. The van der Waals surface area contributed by atoms with Crippen LogP contribution < -0.4 is 5.32 Å². The summed E-state index contributed by atoms with van der Waals surface area (Å²) >= 11 is 0. The van der Waals surface area contributed by atoms with Gasteiger partial charge in [0.2, 0.25) is 0 Å². The van der Waals surface area contributed by atoms with Gasteiger partial charge in [-0.1, -0.05) is 55.5 Å². The van der Waals surface area contributed by atoms with Crippen molar-refractivity contribution in [2.75, 3.05) is 13.7 Å². The molecule has 2 rings (SSSR count). The van der Waals surface area contributed by atoms with Gasteiger partial charge in [0.15, 0.2) is 0 Å². The van der Waals surface area contributed by atoms with Gasteiger partial charge in [-0.25, -0.2) is 0 Å². The monoisotopic (exact) mass is 275 g/mol. The Morgan fingerprint density at radius 2 is 1.90 bits per heavy atom. The van der Waals surface area contributed by atoms with Gasteiger partial charge in [-0.15, -0.1) is 0 Å². The maximum atomic E-state index is 6.34. The fourth-order valence-electron chi connectivity index (χ4n) is 3.71. The normalized spacial score (nSPS) is 20.4. The first-order valence-electron chi connectivity index (χ1n) is 8.09. The standard InChI is InChI=1S/C18H29NO/c1-4-20-18(12-7-5-6-8-13-18)17(19-3)16-11-9-10-15(2)14-16/h9-11,14,17,19H,4-8,12-13H2,1-3H3. The molecule has 0 spiro atoms. The Hall–Kier alpha value is -0.860. The molecule has 0 radical (unpaired) electrons. The van der Waals surface area contributed by atoms with Crippen molar-refractivity contribution in [1.29, 1.82) is 0 Å². The molecule has 1 saturated carbocycles. The summed E-state index contributed by atoms with van der Waals surface area (Å²) in [6, 6.07) is 9.15. The van der Waals surface area contributed by atoms with Gasteiger partial charge in [-0.2, -0.15) is 0 Å². The zero-order chi connectivity index (χ0) is 14.4. The lowest BCUT2D eigenvalue weighted by Crippen LogP contribution is -2.45. The van der Waals surface area contributed by atoms with Crippen molar-refractivity contribution in [1.82, 2.24) is 5.32 Å². The van der Waals surface area contributed by atoms with E-state index in [2.05, 4.69) is 50.5 Å². The smallest absolute Gasteiger partial charge is 0.0876 e. The Morgan fingerprint density at radius 1 is 1.20 bits per heavy atom. The molecule has 1 aliphatic rings. The van der Waals surface area contributed by atoms with E-state index in [4.69, 9.17) is 4.74 Å². The van der Waals surface area contributed by atoms with Gasteiger partial charge < -0.3 is 10.1 Å². The summed E-state index contributed by atoms with van der Waals surface area (Å²) in [5, 5.41) is 3.54. The van der Waals surface area contributed by atoms with E-state index >= 15 is 0 Å². The number of benzene rings is 1. The van der Waals surface area contributed by atoms with Crippen molar-refractivity contribution < 1.29 is 4.74 Å². The van der Waals surface area contributed by atoms with Crippen LogP contribution in [0, 0.1) is 6.92 Å². The summed E-state index contributed by atoms with van der Waals surface area (Å²) in [5.74, 6) is 0. The average Bonchev–Trinajstić information content (AvgIpc) is 2.66. The van der Waals surface area contributed by atoms with E-state index < -0.39 is 0 Å². The van der Waals surface area contributed by atoms with Crippen molar-refractivity contribution in [3.8, 4) is 0 Å². The number of nitrogens with one attached hydrogen (secondary N) is 1. The number of hydrogen-bond acceptors (Lipinski definition) is 2. The quantitative estimate of drug-likeness (QED) is 0.805. The molecular formula is C18H29NO. The van der Waals surface area contributed by atoms with E-state index in [0.29, 0.717) is 6.04 Å². The molecule has 1 aliphatic carbocycles. The van der Waals surface area contributed by atoms with Crippen LogP contribution >= 0.6 is 0 Å². The molecule has 0 heterocycles. The lowest BCUT2D eigenvalue weighted by atomic mass is 9.82. The first-order chi connectivity index (χ1) is 9.72. The minimum absolute atomic E-state index is 0.0339. The minimum atomic E-state index is -0.0339. The largest absolute Gasteiger partial charge is 0.373 e. The Kier molecular flexibility index (Phi) is 5.62. The van der Waals surface area contributed by atoms with Gasteiger partial charge in [0, 0.05) is 6.61 Å². The molecule has 2 heteroatoms. The van der Waals surface area contributed by atoms with Crippen LogP contribution in [0.25, 0.3) is 0 Å². The molecular weight excluding hydrogens is 246 g/mol. The average molecular weight is 275 g/mol. The van der Waals surface area contributed by atoms with Gasteiger partial charge in [0.25, 0.3) is 0 Å². The molecule has 1 aromatic rings. The van der Waals surface area contributed by atoms with Crippen LogP contribution in [0.1, 0.15) is 62.6 Å². The first kappa shape index (κ1) is 15.5.